The molecule has 0 amide bonds. The molecule has 44 heavy (non-hydrogen) atoms. The number of methoxy groups -OCH3 is 1. The van der Waals surface area contributed by atoms with Gasteiger partial charge in [-0.1, -0.05) is 24.3 Å². The van der Waals surface area contributed by atoms with Crippen molar-refractivity contribution in [3.8, 4) is 23.0 Å². The van der Waals surface area contributed by atoms with Gasteiger partial charge in [-0.15, -0.1) is 0 Å². The Morgan fingerprint density at radius 2 is 1.75 bits per heavy atom. The van der Waals surface area contributed by atoms with E-state index in [4.69, 9.17) is 9.72 Å². The second-order valence-electron chi connectivity index (χ2n) is 13.0. The smallest absolute Gasteiger partial charge is 0.318 e. The van der Waals surface area contributed by atoms with Gasteiger partial charge in [0.15, 0.2) is 0 Å². The molecular weight excluding hydrogens is 559 g/mol. The van der Waals surface area contributed by atoms with Gasteiger partial charge in [-0.3, -0.25) is 9.69 Å². The largest absolute Gasteiger partial charge is 0.508 e. The maximum Gasteiger partial charge on any atom is 0.318 e. The van der Waals surface area contributed by atoms with Crippen LogP contribution in [0.5, 0.6) is 11.8 Å². The molecule has 2 aromatic carbocycles. The van der Waals surface area contributed by atoms with Crippen LogP contribution in [0.3, 0.4) is 0 Å². The highest BCUT2D eigenvalue weighted by molar-refractivity contribution is 6.00. The minimum absolute atomic E-state index is 0.0667. The van der Waals surface area contributed by atoms with E-state index in [0.717, 1.165) is 73.8 Å². The lowest BCUT2D eigenvalue weighted by Crippen LogP contribution is -2.52. The number of aromatic hydroxyl groups is 1. The number of nitrogens with zero attached hydrogens (tertiary/aromatic N) is 5. The molecule has 9 rings (SSSR count). The van der Waals surface area contributed by atoms with Gasteiger partial charge in [0.25, 0.3) is 5.56 Å². The highest BCUT2D eigenvalue weighted by atomic mass is 19.1. The van der Waals surface area contributed by atoms with Gasteiger partial charge in [0.2, 0.25) is 0 Å². The van der Waals surface area contributed by atoms with Gasteiger partial charge in [-0.2, -0.15) is 9.97 Å². The lowest BCUT2D eigenvalue weighted by atomic mass is 10.00. The third kappa shape index (κ3) is 4.79. The van der Waals surface area contributed by atoms with Crippen LogP contribution in [0.15, 0.2) is 47.3 Å². The standard InChI is InChI=1S/C27H27N5O3.C7H12FN/c1-35-27-29-22-12-23(21-11-19(33)10-15-4-2-3-5-20(15)21)32(16-6-7-16)26(34)24(22)25(30-27)31-17-8-9-18(31)14-28-13-17;8-6-4-7-2-1-3-9(7)5-6/h2-5,10-12,16-18,28,33H,6-9,13-14H2,1H3;6-7H,1-5H2. The monoisotopic (exact) mass is 598 g/mol. The molecule has 0 radical (unpaired) electrons. The Labute approximate surface area is 255 Å². The van der Waals surface area contributed by atoms with E-state index in [0.29, 0.717) is 41.4 Å². The van der Waals surface area contributed by atoms with E-state index < -0.39 is 6.17 Å². The lowest BCUT2D eigenvalue weighted by Gasteiger charge is -2.36. The molecule has 4 aromatic rings. The number of ether oxygens (including phenoxy) is 1. The van der Waals surface area contributed by atoms with Gasteiger partial charge in [-0.05, 0) is 80.5 Å². The van der Waals surface area contributed by atoms with Crippen molar-refractivity contribution >= 4 is 27.5 Å². The van der Waals surface area contributed by atoms with Crippen LogP contribution in [-0.2, 0) is 0 Å². The Morgan fingerprint density at radius 3 is 2.50 bits per heavy atom. The molecule has 4 aliphatic heterocycles. The summed E-state index contributed by atoms with van der Waals surface area (Å²) in [6.07, 6.45) is 6.89. The van der Waals surface area contributed by atoms with E-state index in [-0.39, 0.29) is 23.4 Å². The molecule has 5 aliphatic rings. The van der Waals surface area contributed by atoms with Crippen molar-refractivity contribution < 1.29 is 14.2 Å². The second kappa shape index (κ2) is 11.0. The zero-order chi connectivity index (χ0) is 29.9. The van der Waals surface area contributed by atoms with Crippen molar-refractivity contribution in [3.63, 3.8) is 0 Å². The molecule has 4 unspecified atom stereocenters. The molecule has 9 nitrogen and oxygen atoms in total. The predicted octanol–water partition coefficient (Wildman–Crippen LogP) is 4.79. The average molecular weight is 599 g/mol. The summed E-state index contributed by atoms with van der Waals surface area (Å²) < 4.78 is 20.0. The van der Waals surface area contributed by atoms with E-state index in [9.17, 15) is 14.3 Å². The highest BCUT2D eigenvalue weighted by Gasteiger charge is 2.40. The SMILES string of the molecule is COc1nc(N2C3CCC2CNC3)c2c(=O)n(C3CC3)c(-c3cc(O)cc4ccccc34)cc2n1.FC1CC2CCCN2C1. The number of hydrogen-bond acceptors (Lipinski definition) is 8. The molecule has 2 N–H and O–H groups in total. The van der Waals surface area contributed by atoms with Crippen molar-refractivity contribution in [1.82, 2.24) is 24.8 Å². The fraction of sp³-hybridized carbons (Fsp3) is 0.500. The molecular formula is C34H39FN6O3. The van der Waals surface area contributed by atoms with Crippen molar-refractivity contribution in [2.45, 2.75) is 75.3 Å². The fourth-order valence-corrected chi connectivity index (χ4v) is 8.02. The maximum atomic E-state index is 14.3. The third-order valence-corrected chi connectivity index (χ3v) is 10.2. The van der Waals surface area contributed by atoms with E-state index in [1.807, 2.05) is 34.9 Å². The van der Waals surface area contributed by atoms with Crippen molar-refractivity contribution in [2.24, 2.45) is 0 Å². The number of fused-ring (bicyclic) bond motifs is 5. The number of rotatable bonds is 4. The second-order valence-corrected chi connectivity index (χ2v) is 13.0. The molecule has 1 saturated carbocycles. The van der Waals surface area contributed by atoms with Crippen LogP contribution < -0.4 is 20.5 Å². The number of piperazine rings is 1. The summed E-state index contributed by atoms with van der Waals surface area (Å²) in [6.45, 7) is 3.62. The molecule has 6 heterocycles. The summed E-state index contributed by atoms with van der Waals surface area (Å²) in [5.41, 5.74) is 2.11. The number of pyridine rings is 1. The summed E-state index contributed by atoms with van der Waals surface area (Å²) in [6, 6.07) is 15.0. The molecule has 4 saturated heterocycles. The first-order valence-electron chi connectivity index (χ1n) is 16.1. The van der Waals surface area contributed by atoms with E-state index >= 15 is 0 Å². The fourth-order valence-electron chi connectivity index (χ4n) is 8.02. The van der Waals surface area contributed by atoms with E-state index in [2.05, 4.69) is 20.1 Å². The van der Waals surface area contributed by atoms with E-state index in [1.54, 1.807) is 19.2 Å². The first-order valence-corrected chi connectivity index (χ1v) is 16.1. The number of anilines is 1. The number of phenolic OH excluding ortho intramolecular Hbond substituents is 1. The normalized spacial score (nSPS) is 26.2. The van der Waals surface area contributed by atoms with Crippen LogP contribution in [0, 0.1) is 0 Å². The minimum Gasteiger partial charge on any atom is -0.508 e. The summed E-state index contributed by atoms with van der Waals surface area (Å²) in [7, 11) is 1.56. The number of halogens is 1. The molecule has 2 bridgehead atoms. The summed E-state index contributed by atoms with van der Waals surface area (Å²) in [5.74, 6) is 0.861. The number of hydrogen-bond donors (Lipinski definition) is 2. The predicted molar refractivity (Wildman–Crippen MR) is 169 cm³/mol. The Morgan fingerprint density at radius 1 is 0.977 bits per heavy atom. The van der Waals surface area contributed by atoms with Gasteiger partial charge in [0, 0.05) is 49.4 Å². The molecule has 10 heteroatoms. The first kappa shape index (κ1) is 27.8. The van der Waals surface area contributed by atoms with Gasteiger partial charge in [0.1, 0.15) is 23.1 Å². The van der Waals surface area contributed by atoms with Crippen LogP contribution in [0.2, 0.25) is 0 Å². The Kier molecular flexibility index (Phi) is 6.94. The Balaban J connectivity index is 0.000000274. The van der Waals surface area contributed by atoms with Gasteiger partial charge in [0.05, 0.1) is 18.3 Å². The first-order chi connectivity index (χ1) is 21.5. The van der Waals surface area contributed by atoms with Crippen LogP contribution in [0.25, 0.3) is 32.9 Å². The summed E-state index contributed by atoms with van der Waals surface area (Å²) >= 11 is 0. The summed E-state index contributed by atoms with van der Waals surface area (Å²) in [5, 5.41) is 16.5. The van der Waals surface area contributed by atoms with Gasteiger partial charge < -0.3 is 24.6 Å². The molecule has 230 valence electrons. The van der Waals surface area contributed by atoms with E-state index in [1.165, 1.54) is 12.8 Å². The minimum atomic E-state index is -0.518. The van der Waals surface area contributed by atoms with Crippen molar-refractivity contribution in [3.05, 3.63) is 52.8 Å². The molecule has 1 aliphatic carbocycles. The van der Waals surface area contributed by atoms with Gasteiger partial charge >= 0.3 is 6.01 Å². The molecule has 4 atom stereocenters. The number of phenols is 1. The van der Waals surface area contributed by atoms with Crippen LogP contribution in [0.4, 0.5) is 10.2 Å². The number of benzene rings is 2. The quantitative estimate of drug-likeness (QED) is 0.346. The Hall–Kier alpha value is -3.76. The topological polar surface area (TPSA) is 95.8 Å². The van der Waals surface area contributed by atoms with Crippen LogP contribution in [-0.4, -0.2) is 82.1 Å². The summed E-state index contributed by atoms with van der Waals surface area (Å²) in [4.78, 5) is 28.2. The highest BCUT2D eigenvalue weighted by Crippen LogP contribution is 2.42. The lowest BCUT2D eigenvalue weighted by molar-refractivity contribution is 0.292. The number of alkyl halides is 1. The van der Waals surface area contributed by atoms with Gasteiger partial charge in [-0.25, -0.2) is 4.39 Å². The maximum absolute atomic E-state index is 14.3. The number of aromatic nitrogens is 3. The third-order valence-electron chi connectivity index (χ3n) is 10.2. The molecule has 2 aromatic heterocycles. The molecule has 5 fully saturated rings. The zero-order valence-corrected chi connectivity index (χ0v) is 25.1. The number of nitrogens with one attached hydrogen (secondary N) is 1. The van der Waals surface area contributed by atoms with Crippen LogP contribution in [0.1, 0.15) is 51.0 Å². The average Bonchev–Trinajstić information content (AvgIpc) is 3.59. The van der Waals surface area contributed by atoms with Crippen molar-refractivity contribution in [2.75, 3.05) is 38.2 Å². The van der Waals surface area contributed by atoms with Crippen LogP contribution >= 0.6 is 0 Å². The van der Waals surface area contributed by atoms with Crippen molar-refractivity contribution in [1.29, 1.82) is 0 Å². The Bertz CT molecular complexity index is 1760. The molecule has 0 spiro atoms. The zero-order valence-electron chi connectivity index (χ0n) is 25.1.